The molecule has 1 amide bonds. The Morgan fingerprint density at radius 3 is 2.64 bits per heavy atom. The molecule has 3 aromatic rings. The van der Waals surface area contributed by atoms with Gasteiger partial charge in [0.15, 0.2) is 0 Å². The van der Waals surface area contributed by atoms with Gasteiger partial charge in [-0.1, -0.05) is 23.7 Å². The molecule has 0 aliphatic carbocycles. The predicted molar refractivity (Wildman–Crippen MR) is 96.5 cm³/mol. The molecule has 128 valence electrons. The number of ether oxygens (including phenoxy) is 1. The molecule has 0 aliphatic heterocycles. The maximum atomic E-state index is 12.5. The van der Waals surface area contributed by atoms with Crippen LogP contribution in [0.4, 0.5) is 0 Å². The summed E-state index contributed by atoms with van der Waals surface area (Å²) in [6.07, 6.45) is 0.663. The third-order valence-electron chi connectivity index (χ3n) is 3.81. The molecule has 25 heavy (non-hydrogen) atoms. The predicted octanol–water partition coefficient (Wildman–Crippen LogP) is 3.43. The van der Waals surface area contributed by atoms with Gasteiger partial charge in [-0.05, 0) is 36.2 Å². The summed E-state index contributed by atoms with van der Waals surface area (Å²) in [4.78, 5) is 24.2. The van der Waals surface area contributed by atoms with E-state index in [-0.39, 0.29) is 11.5 Å². The fourth-order valence-corrected chi connectivity index (χ4v) is 2.65. The topological polar surface area (TPSA) is 68.5 Å². The highest BCUT2D eigenvalue weighted by molar-refractivity contribution is 6.30. The molecule has 0 bridgehead atoms. The number of carbonyl (C=O) groups is 1. The van der Waals surface area contributed by atoms with Gasteiger partial charge in [0.05, 0.1) is 12.7 Å². The summed E-state index contributed by atoms with van der Waals surface area (Å²) in [6, 6.07) is 13.6. The number of methoxy groups -OCH3 is 1. The minimum absolute atomic E-state index is 0.282. The van der Waals surface area contributed by atoms with Crippen molar-refractivity contribution in [3.63, 3.8) is 0 Å². The molecule has 0 atom stereocenters. The van der Waals surface area contributed by atoms with Crippen molar-refractivity contribution >= 4 is 28.5 Å². The molecule has 5 nitrogen and oxygen atoms in total. The van der Waals surface area contributed by atoms with Gasteiger partial charge in [0, 0.05) is 29.1 Å². The van der Waals surface area contributed by atoms with Gasteiger partial charge in [-0.3, -0.25) is 4.79 Å². The first-order valence-corrected chi connectivity index (χ1v) is 8.09. The number of benzene rings is 2. The summed E-state index contributed by atoms with van der Waals surface area (Å²) < 4.78 is 10.3. The number of carbonyl (C=O) groups excluding carboxylic acids is 1. The van der Waals surface area contributed by atoms with Crippen molar-refractivity contribution in [1.29, 1.82) is 0 Å². The molecule has 1 heterocycles. The van der Waals surface area contributed by atoms with Crippen LogP contribution in [-0.4, -0.2) is 19.6 Å². The molecule has 0 spiro atoms. The fourth-order valence-electron chi connectivity index (χ4n) is 2.52. The van der Waals surface area contributed by atoms with Crippen LogP contribution < -0.4 is 15.7 Å². The Kier molecular flexibility index (Phi) is 5.05. The summed E-state index contributed by atoms with van der Waals surface area (Å²) in [6.45, 7) is 0.443. The Labute approximate surface area is 149 Å². The second kappa shape index (κ2) is 7.40. The molecule has 1 aromatic heterocycles. The lowest BCUT2D eigenvalue weighted by Gasteiger charge is -2.08. The van der Waals surface area contributed by atoms with Crippen molar-refractivity contribution in [1.82, 2.24) is 5.32 Å². The molecule has 0 aliphatic rings. The van der Waals surface area contributed by atoms with E-state index in [0.717, 1.165) is 5.56 Å². The second-order valence-electron chi connectivity index (χ2n) is 5.47. The monoisotopic (exact) mass is 357 g/mol. The summed E-state index contributed by atoms with van der Waals surface area (Å²) in [5.41, 5.74) is 1.08. The van der Waals surface area contributed by atoms with Crippen LogP contribution in [0.1, 0.15) is 15.9 Å². The summed E-state index contributed by atoms with van der Waals surface area (Å²) in [5.74, 6) is 0.230. The average molecular weight is 358 g/mol. The van der Waals surface area contributed by atoms with Gasteiger partial charge in [-0.2, -0.15) is 0 Å². The lowest BCUT2D eigenvalue weighted by atomic mass is 10.1. The first kappa shape index (κ1) is 17.0. The third-order valence-corrected chi connectivity index (χ3v) is 4.06. The maximum absolute atomic E-state index is 12.5. The van der Waals surface area contributed by atoms with Gasteiger partial charge >= 0.3 is 5.63 Å². The number of fused-ring (bicyclic) bond motifs is 1. The number of rotatable bonds is 5. The number of nitrogens with one attached hydrogen (secondary N) is 1. The second-order valence-corrected chi connectivity index (χ2v) is 5.91. The van der Waals surface area contributed by atoms with Crippen LogP contribution in [0.15, 0.2) is 57.7 Å². The lowest BCUT2D eigenvalue weighted by molar-refractivity contribution is 0.0955. The van der Waals surface area contributed by atoms with Crippen LogP contribution in [0.5, 0.6) is 5.75 Å². The first-order chi connectivity index (χ1) is 12.1. The van der Waals surface area contributed by atoms with Crippen LogP contribution in [0.25, 0.3) is 11.0 Å². The van der Waals surface area contributed by atoms with E-state index in [2.05, 4.69) is 5.32 Å². The van der Waals surface area contributed by atoms with Crippen molar-refractivity contribution < 1.29 is 13.9 Å². The van der Waals surface area contributed by atoms with E-state index >= 15 is 0 Å². The number of hydrogen-bond donors (Lipinski definition) is 1. The van der Waals surface area contributed by atoms with Crippen molar-refractivity contribution in [2.24, 2.45) is 0 Å². The van der Waals surface area contributed by atoms with Gasteiger partial charge in [0.1, 0.15) is 11.3 Å². The Morgan fingerprint density at radius 2 is 1.92 bits per heavy atom. The van der Waals surface area contributed by atoms with E-state index in [1.54, 1.807) is 18.2 Å². The van der Waals surface area contributed by atoms with Gasteiger partial charge in [0.2, 0.25) is 0 Å². The smallest absolute Gasteiger partial charge is 0.337 e. The van der Waals surface area contributed by atoms with Crippen LogP contribution in [-0.2, 0) is 6.42 Å². The Bertz CT molecular complexity index is 963. The highest BCUT2D eigenvalue weighted by Gasteiger charge is 2.13. The van der Waals surface area contributed by atoms with Gasteiger partial charge in [-0.25, -0.2) is 4.79 Å². The fraction of sp³-hybridized carbons (Fsp3) is 0.158. The standard InChI is InChI=1S/C19H16ClNO4/c1-24-14-6-7-15-16(11-18(22)25-17(15)10-14)19(23)21-9-8-12-2-4-13(20)5-3-12/h2-7,10-11H,8-9H2,1H3,(H,21,23). The zero-order chi connectivity index (χ0) is 17.8. The molecule has 2 aromatic carbocycles. The largest absolute Gasteiger partial charge is 0.497 e. The molecule has 0 unspecified atom stereocenters. The summed E-state index contributed by atoms with van der Waals surface area (Å²) >= 11 is 5.85. The average Bonchev–Trinajstić information content (AvgIpc) is 2.62. The van der Waals surface area contributed by atoms with E-state index < -0.39 is 5.63 Å². The van der Waals surface area contributed by atoms with Crippen LogP contribution >= 0.6 is 11.6 Å². The number of hydrogen-bond acceptors (Lipinski definition) is 4. The van der Waals surface area contributed by atoms with Crippen molar-refractivity contribution in [3.8, 4) is 5.75 Å². The Hall–Kier alpha value is -2.79. The zero-order valence-corrected chi connectivity index (χ0v) is 14.3. The normalized spacial score (nSPS) is 10.6. The maximum Gasteiger partial charge on any atom is 0.337 e. The van der Waals surface area contributed by atoms with Crippen LogP contribution in [0, 0.1) is 0 Å². The summed E-state index contributed by atoms with van der Waals surface area (Å²) in [5, 5.41) is 4.06. The molecule has 0 radical (unpaired) electrons. The molecule has 0 saturated carbocycles. The van der Waals surface area contributed by atoms with Crippen molar-refractivity contribution in [2.75, 3.05) is 13.7 Å². The molecule has 0 saturated heterocycles. The highest BCUT2D eigenvalue weighted by Crippen LogP contribution is 2.22. The number of amides is 1. The highest BCUT2D eigenvalue weighted by atomic mass is 35.5. The molecule has 3 rings (SSSR count). The van der Waals surface area contributed by atoms with Crippen molar-refractivity contribution in [3.05, 3.63) is 75.1 Å². The molecular formula is C19H16ClNO4. The van der Waals surface area contributed by atoms with E-state index in [9.17, 15) is 9.59 Å². The zero-order valence-electron chi connectivity index (χ0n) is 13.5. The lowest BCUT2D eigenvalue weighted by Crippen LogP contribution is -2.26. The van der Waals surface area contributed by atoms with Crippen LogP contribution in [0.2, 0.25) is 5.02 Å². The summed E-state index contributed by atoms with van der Waals surface area (Å²) in [7, 11) is 1.52. The third kappa shape index (κ3) is 4.00. The molecular weight excluding hydrogens is 342 g/mol. The van der Waals surface area contributed by atoms with E-state index in [1.165, 1.54) is 13.2 Å². The molecule has 1 N–H and O–H groups in total. The van der Waals surface area contributed by atoms with Crippen LogP contribution in [0.3, 0.4) is 0 Å². The van der Waals surface area contributed by atoms with Gasteiger partial charge in [0.25, 0.3) is 5.91 Å². The number of halogens is 1. The van der Waals surface area contributed by atoms with Crippen molar-refractivity contribution in [2.45, 2.75) is 6.42 Å². The minimum Gasteiger partial charge on any atom is -0.497 e. The Morgan fingerprint density at radius 1 is 1.16 bits per heavy atom. The quantitative estimate of drug-likeness (QED) is 0.710. The Balaban J connectivity index is 1.77. The SMILES string of the molecule is COc1ccc2c(C(=O)NCCc3ccc(Cl)cc3)cc(=O)oc2c1. The van der Waals surface area contributed by atoms with Gasteiger partial charge < -0.3 is 14.5 Å². The molecule has 6 heteroatoms. The van der Waals surface area contributed by atoms with E-state index in [4.69, 9.17) is 20.8 Å². The molecule has 0 fully saturated rings. The van der Waals surface area contributed by atoms with Gasteiger partial charge in [-0.15, -0.1) is 0 Å². The minimum atomic E-state index is -0.580. The first-order valence-electron chi connectivity index (χ1n) is 7.71. The van der Waals surface area contributed by atoms with E-state index in [0.29, 0.717) is 34.7 Å². The van der Waals surface area contributed by atoms with E-state index in [1.807, 2.05) is 24.3 Å².